The Kier molecular flexibility index (Phi) is 1.61. The number of nitrogens with zero attached hydrogens (tertiary/aromatic N) is 1. The maximum Gasteiger partial charge on any atom is 0.227 e. The third-order valence-electron chi connectivity index (χ3n) is 2.19. The molecular weight excluding hydrogens is 150 g/mol. The molecule has 1 radical (unpaired) electrons. The molecule has 0 unspecified atom stereocenters. The molecule has 0 spiro atoms. The third-order valence-corrected chi connectivity index (χ3v) is 2.19. The Morgan fingerprint density at radius 3 is 2.92 bits per heavy atom. The molecule has 1 aliphatic rings. The first kappa shape index (κ1) is 7.35. The second-order valence-electron chi connectivity index (χ2n) is 2.92. The molecular formula is C10H10NO. The highest BCUT2D eigenvalue weighted by Crippen LogP contribution is 2.26. The minimum atomic E-state index is -0.111. The number of anilines is 1. The van der Waals surface area contributed by atoms with E-state index < -0.39 is 0 Å². The number of hydrogen-bond acceptors (Lipinski definition) is 1. The zero-order chi connectivity index (χ0) is 8.55. The van der Waals surface area contributed by atoms with E-state index in [-0.39, 0.29) is 5.91 Å². The van der Waals surface area contributed by atoms with Crippen LogP contribution in [0.2, 0.25) is 0 Å². The highest BCUT2D eigenvalue weighted by Gasteiger charge is 2.20. The Morgan fingerprint density at radius 1 is 1.42 bits per heavy atom. The molecule has 0 aliphatic carbocycles. The number of carbonyl (C=O) groups is 1. The molecule has 2 rings (SSSR count). The first-order chi connectivity index (χ1) is 5.79. The van der Waals surface area contributed by atoms with Crippen LogP contribution in [0.5, 0.6) is 0 Å². The monoisotopic (exact) mass is 160 g/mol. The summed E-state index contributed by atoms with van der Waals surface area (Å²) >= 11 is 0. The van der Waals surface area contributed by atoms with Crippen molar-refractivity contribution >= 4 is 11.6 Å². The fourth-order valence-corrected chi connectivity index (χ4v) is 1.60. The smallest absolute Gasteiger partial charge is 0.227 e. The summed E-state index contributed by atoms with van der Waals surface area (Å²) in [5, 5.41) is 0. The summed E-state index contributed by atoms with van der Waals surface area (Å²) in [6.07, 6.45) is 0.956. The summed E-state index contributed by atoms with van der Waals surface area (Å²) < 4.78 is 0. The van der Waals surface area contributed by atoms with E-state index in [2.05, 4.69) is 13.0 Å². The number of benzene rings is 1. The van der Waals surface area contributed by atoms with Gasteiger partial charge in [-0.2, -0.15) is 0 Å². The van der Waals surface area contributed by atoms with Crippen LogP contribution in [-0.2, 0) is 11.2 Å². The van der Waals surface area contributed by atoms with Crippen molar-refractivity contribution in [3.8, 4) is 0 Å². The summed E-state index contributed by atoms with van der Waals surface area (Å²) in [7, 11) is 0. The van der Waals surface area contributed by atoms with Crippen molar-refractivity contribution in [2.45, 2.75) is 6.42 Å². The fourth-order valence-electron chi connectivity index (χ4n) is 1.60. The Balaban J connectivity index is 2.42. The molecule has 1 heterocycles. The molecule has 1 aromatic rings. The maximum absolute atomic E-state index is 11.0. The van der Waals surface area contributed by atoms with Gasteiger partial charge in [0, 0.05) is 19.2 Å². The van der Waals surface area contributed by atoms with E-state index in [0.29, 0.717) is 0 Å². The van der Waals surface area contributed by atoms with Crippen LogP contribution in [-0.4, -0.2) is 12.5 Å². The highest BCUT2D eigenvalue weighted by molar-refractivity contribution is 5.98. The lowest BCUT2D eigenvalue weighted by molar-refractivity contribution is -0.114. The molecule has 0 atom stereocenters. The van der Waals surface area contributed by atoms with Crippen LogP contribution in [0.15, 0.2) is 24.3 Å². The largest absolute Gasteiger partial charge is 0.312 e. The minimum Gasteiger partial charge on any atom is -0.312 e. The summed E-state index contributed by atoms with van der Waals surface area (Å²) in [6.45, 7) is 4.19. The summed E-state index contributed by atoms with van der Waals surface area (Å²) in [4.78, 5) is 12.7. The Hall–Kier alpha value is -1.31. The average Bonchev–Trinajstić information content (AvgIpc) is 2.47. The molecule has 0 N–H and O–H groups in total. The number of hydrogen-bond donors (Lipinski definition) is 0. The van der Waals surface area contributed by atoms with E-state index in [1.807, 2.05) is 18.2 Å². The molecule has 0 fully saturated rings. The highest BCUT2D eigenvalue weighted by atomic mass is 16.2. The first-order valence-electron chi connectivity index (χ1n) is 4.00. The summed E-state index contributed by atoms with van der Waals surface area (Å²) in [5.41, 5.74) is 2.27. The lowest BCUT2D eigenvalue weighted by Crippen LogP contribution is -2.25. The van der Waals surface area contributed by atoms with E-state index in [1.165, 1.54) is 5.56 Å². The molecule has 1 amide bonds. The molecule has 0 bridgehead atoms. The number of rotatable bonds is 0. The van der Waals surface area contributed by atoms with Gasteiger partial charge in [-0.1, -0.05) is 18.2 Å². The van der Waals surface area contributed by atoms with Crippen molar-refractivity contribution in [2.75, 3.05) is 11.4 Å². The molecule has 61 valence electrons. The van der Waals surface area contributed by atoms with Crippen molar-refractivity contribution in [1.82, 2.24) is 0 Å². The number of fused-ring (bicyclic) bond motifs is 1. The van der Waals surface area contributed by atoms with E-state index in [0.717, 1.165) is 18.7 Å². The van der Waals surface area contributed by atoms with Crippen LogP contribution in [0.25, 0.3) is 0 Å². The Bertz CT molecular complexity index is 319. The van der Waals surface area contributed by atoms with Crippen LogP contribution in [0.3, 0.4) is 0 Å². The van der Waals surface area contributed by atoms with Crippen LogP contribution < -0.4 is 4.90 Å². The van der Waals surface area contributed by atoms with E-state index >= 15 is 0 Å². The Labute approximate surface area is 71.8 Å². The van der Waals surface area contributed by atoms with Crippen LogP contribution in [0.4, 0.5) is 5.69 Å². The van der Waals surface area contributed by atoms with Crippen molar-refractivity contribution in [3.05, 3.63) is 36.8 Å². The Morgan fingerprint density at radius 2 is 2.17 bits per heavy atom. The van der Waals surface area contributed by atoms with Gasteiger partial charge in [-0.15, -0.1) is 0 Å². The van der Waals surface area contributed by atoms with Crippen molar-refractivity contribution in [2.24, 2.45) is 0 Å². The van der Waals surface area contributed by atoms with Crippen molar-refractivity contribution in [1.29, 1.82) is 0 Å². The predicted molar refractivity (Wildman–Crippen MR) is 47.9 cm³/mol. The van der Waals surface area contributed by atoms with Gasteiger partial charge in [-0.25, -0.2) is 0 Å². The zero-order valence-electron chi connectivity index (χ0n) is 6.79. The van der Waals surface area contributed by atoms with E-state index in [4.69, 9.17) is 0 Å². The van der Waals surface area contributed by atoms with Crippen molar-refractivity contribution < 1.29 is 4.79 Å². The molecule has 12 heavy (non-hydrogen) atoms. The first-order valence-corrected chi connectivity index (χ1v) is 4.00. The third kappa shape index (κ3) is 0.998. The average molecular weight is 160 g/mol. The molecule has 2 heteroatoms. The van der Waals surface area contributed by atoms with Gasteiger partial charge in [0.25, 0.3) is 0 Å². The molecule has 2 nitrogen and oxygen atoms in total. The van der Waals surface area contributed by atoms with Gasteiger partial charge in [0.15, 0.2) is 0 Å². The predicted octanol–water partition coefficient (Wildman–Crippen LogP) is 1.41. The van der Waals surface area contributed by atoms with E-state index in [9.17, 15) is 4.79 Å². The minimum absolute atomic E-state index is 0.111. The van der Waals surface area contributed by atoms with Gasteiger partial charge < -0.3 is 4.90 Å². The van der Waals surface area contributed by atoms with Gasteiger partial charge in [0.2, 0.25) is 5.91 Å². The maximum atomic E-state index is 11.0. The standard InChI is InChI=1S/C10H10NO/c1-8(12)11-7-6-9-4-2-3-5-10(9)11/h2-5H,1,6-7H2. The molecule has 0 saturated carbocycles. The van der Waals surface area contributed by atoms with Crippen LogP contribution >= 0.6 is 0 Å². The number of amides is 1. The quantitative estimate of drug-likeness (QED) is 0.562. The second kappa shape index (κ2) is 2.63. The lowest BCUT2D eigenvalue weighted by atomic mass is 10.2. The number of para-hydroxylation sites is 1. The van der Waals surface area contributed by atoms with Gasteiger partial charge in [0.05, 0.1) is 0 Å². The van der Waals surface area contributed by atoms with Gasteiger partial charge in [-0.3, -0.25) is 4.79 Å². The summed E-state index contributed by atoms with van der Waals surface area (Å²) in [5.74, 6) is -0.111. The molecule has 1 aliphatic heterocycles. The second-order valence-corrected chi connectivity index (χ2v) is 2.92. The van der Waals surface area contributed by atoms with Gasteiger partial charge >= 0.3 is 0 Å². The molecule has 0 saturated heterocycles. The molecule has 0 aromatic heterocycles. The summed E-state index contributed by atoms with van der Waals surface area (Å²) in [6, 6.07) is 7.96. The number of carbonyl (C=O) groups excluding carboxylic acids is 1. The van der Waals surface area contributed by atoms with Crippen LogP contribution in [0.1, 0.15) is 5.56 Å². The zero-order valence-corrected chi connectivity index (χ0v) is 6.79. The topological polar surface area (TPSA) is 20.3 Å². The van der Waals surface area contributed by atoms with Crippen LogP contribution in [0, 0.1) is 6.92 Å². The molecule has 1 aromatic carbocycles. The van der Waals surface area contributed by atoms with E-state index in [1.54, 1.807) is 4.90 Å². The van der Waals surface area contributed by atoms with Crippen molar-refractivity contribution in [3.63, 3.8) is 0 Å². The van der Waals surface area contributed by atoms with Gasteiger partial charge in [0.1, 0.15) is 0 Å². The fraction of sp³-hybridized carbons (Fsp3) is 0.200. The lowest BCUT2D eigenvalue weighted by Gasteiger charge is -2.13. The normalized spacial score (nSPS) is 14.6. The van der Waals surface area contributed by atoms with Gasteiger partial charge in [-0.05, 0) is 18.1 Å². The SMILES string of the molecule is [CH2]C(=O)N1CCc2ccccc21.